The Morgan fingerprint density at radius 1 is 1.07 bits per heavy atom. The Labute approximate surface area is 172 Å². The lowest BCUT2D eigenvalue weighted by Crippen LogP contribution is -2.36. The summed E-state index contributed by atoms with van der Waals surface area (Å²) in [4.78, 5) is 39.0. The summed E-state index contributed by atoms with van der Waals surface area (Å²) < 4.78 is 19.2. The number of benzene rings is 2. The number of aromatic nitrogens is 1. The normalized spacial score (nSPS) is 17.3. The Bertz CT molecular complexity index is 1200. The van der Waals surface area contributed by atoms with Crippen molar-refractivity contribution in [1.29, 1.82) is 0 Å². The summed E-state index contributed by atoms with van der Waals surface area (Å²) >= 11 is 0. The topological polar surface area (TPSA) is 88.3 Å². The molecule has 154 valence electrons. The number of cyclic esters (lactones) is 1. The van der Waals surface area contributed by atoms with Gasteiger partial charge in [0, 0.05) is 22.6 Å². The molecule has 7 heteroatoms. The van der Waals surface area contributed by atoms with Gasteiger partial charge < -0.3 is 9.72 Å². The van der Waals surface area contributed by atoms with E-state index in [1.807, 2.05) is 32.0 Å². The summed E-state index contributed by atoms with van der Waals surface area (Å²) in [6.07, 6.45) is -1.39. The minimum atomic E-state index is -0.917. The van der Waals surface area contributed by atoms with Crippen molar-refractivity contribution in [2.45, 2.75) is 26.4 Å². The molecular formula is C23H21FN2O4. The lowest BCUT2D eigenvalue weighted by atomic mass is 9.84. The standard InChI is InChI=1S/C23H21FN2O4/c1-12(2)16(20-22(28)26-23(29)30-20)11-15-8-9-19(25-21(15)27)14-7-6-13-4-3-5-18(24)17(13)10-14/h3-10,12,16,20H,11H2,1-2H3,(H,25,27)(H,26,28,29). The second-order valence-electron chi connectivity index (χ2n) is 7.83. The number of carbonyl (C=O) groups is 2. The molecule has 3 aromatic rings. The van der Waals surface area contributed by atoms with Crippen LogP contribution in [0.25, 0.3) is 22.0 Å². The van der Waals surface area contributed by atoms with Gasteiger partial charge in [-0.25, -0.2) is 9.18 Å². The Kier molecular flexibility index (Phi) is 5.11. The average Bonchev–Trinajstić information content (AvgIpc) is 3.04. The molecule has 2 heterocycles. The number of fused-ring (bicyclic) bond motifs is 1. The summed E-state index contributed by atoms with van der Waals surface area (Å²) in [7, 11) is 0. The van der Waals surface area contributed by atoms with Crippen molar-refractivity contribution in [3.63, 3.8) is 0 Å². The fourth-order valence-corrected chi connectivity index (χ4v) is 3.83. The zero-order valence-corrected chi connectivity index (χ0v) is 16.6. The van der Waals surface area contributed by atoms with Crippen molar-refractivity contribution in [2.24, 2.45) is 11.8 Å². The third kappa shape index (κ3) is 3.70. The second kappa shape index (κ2) is 7.74. The van der Waals surface area contributed by atoms with Gasteiger partial charge in [0.05, 0.1) is 0 Å². The molecule has 0 radical (unpaired) electrons. The van der Waals surface area contributed by atoms with Gasteiger partial charge in [0.15, 0.2) is 6.10 Å². The predicted molar refractivity (Wildman–Crippen MR) is 110 cm³/mol. The molecule has 6 nitrogen and oxygen atoms in total. The summed E-state index contributed by atoms with van der Waals surface area (Å²) in [5.41, 5.74) is 1.46. The fraction of sp³-hybridized carbons (Fsp3) is 0.261. The lowest BCUT2D eigenvalue weighted by molar-refractivity contribution is -0.126. The van der Waals surface area contributed by atoms with E-state index < -0.39 is 18.1 Å². The molecule has 0 bridgehead atoms. The first kappa shape index (κ1) is 19.8. The third-order valence-corrected chi connectivity index (χ3v) is 5.55. The smallest absolute Gasteiger partial charge is 0.414 e. The van der Waals surface area contributed by atoms with E-state index in [-0.39, 0.29) is 29.6 Å². The monoisotopic (exact) mass is 408 g/mol. The number of ether oxygens (including phenoxy) is 1. The molecule has 1 fully saturated rings. The minimum Gasteiger partial charge on any atom is -0.435 e. The van der Waals surface area contributed by atoms with Crippen molar-refractivity contribution in [1.82, 2.24) is 10.3 Å². The number of carbonyl (C=O) groups excluding carboxylic acids is 2. The molecule has 1 saturated heterocycles. The SMILES string of the molecule is CC(C)C(Cc1ccc(-c2ccc3cccc(F)c3c2)[nH]c1=O)C1OC(=O)NC1=O. The van der Waals surface area contributed by atoms with Crippen molar-refractivity contribution in [2.75, 3.05) is 0 Å². The van der Waals surface area contributed by atoms with E-state index in [1.54, 1.807) is 24.3 Å². The molecule has 30 heavy (non-hydrogen) atoms. The van der Waals surface area contributed by atoms with Gasteiger partial charge >= 0.3 is 6.09 Å². The number of rotatable bonds is 5. The van der Waals surface area contributed by atoms with Gasteiger partial charge in [0.2, 0.25) is 0 Å². The number of halogens is 1. The Hall–Kier alpha value is -3.48. The van der Waals surface area contributed by atoms with Crippen molar-refractivity contribution >= 4 is 22.8 Å². The summed E-state index contributed by atoms with van der Waals surface area (Å²) in [5, 5.41) is 3.40. The van der Waals surface area contributed by atoms with E-state index >= 15 is 0 Å². The quantitative estimate of drug-likeness (QED) is 0.672. The number of hydrogen-bond acceptors (Lipinski definition) is 4. The lowest BCUT2D eigenvalue weighted by Gasteiger charge is -2.23. The highest BCUT2D eigenvalue weighted by molar-refractivity contribution is 6.00. The van der Waals surface area contributed by atoms with Crippen LogP contribution in [0.5, 0.6) is 0 Å². The number of imide groups is 1. The molecule has 1 aliphatic heterocycles. The summed E-state index contributed by atoms with van der Waals surface area (Å²) in [5.74, 6) is -1.13. The maximum absolute atomic E-state index is 14.1. The van der Waals surface area contributed by atoms with Gasteiger partial charge in [-0.2, -0.15) is 0 Å². The number of H-pyrrole nitrogens is 1. The van der Waals surface area contributed by atoms with Crippen LogP contribution in [0, 0.1) is 17.7 Å². The molecule has 0 saturated carbocycles. The zero-order valence-electron chi connectivity index (χ0n) is 16.6. The van der Waals surface area contributed by atoms with E-state index in [0.717, 1.165) is 5.39 Å². The maximum atomic E-state index is 14.1. The molecule has 2 atom stereocenters. The first-order chi connectivity index (χ1) is 14.3. The second-order valence-corrected chi connectivity index (χ2v) is 7.83. The highest BCUT2D eigenvalue weighted by Gasteiger charge is 2.40. The van der Waals surface area contributed by atoms with Crippen LogP contribution in [0.15, 0.2) is 53.3 Å². The first-order valence-electron chi connectivity index (χ1n) is 9.76. The van der Waals surface area contributed by atoms with Crippen LogP contribution in [0.1, 0.15) is 19.4 Å². The van der Waals surface area contributed by atoms with Gasteiger partial charge in [-0.05, 0) is 41.5 Å². The van der Waals surface area contributed by atoms with E-state index in [9.17, 15) is 18.8 Å². The van der Waals surface area contributed by atoms with Gasteiger partial charge in [0.1, 0.15) is 5.82 Å². The largest absolute Gasteiger partial charge is 0.435 e. The minimum absolute atomic E-state index is 0.00851. The fourth-order valence-electron chi connectivity index (χ4n) is 3.83. The van der Waals surface area contributed by atoms with Crippen LogP contribution in [-0.2, 0) is 16.0 Å². The number of pyridine rings is 1. The zero-order chi connectivity index (χ0) is 21.4. The van der Waals surface area contributed by atoms with Crippen molar-refractivity contribution in [3.8, 4) is 11.3 Å². The van der Waals surface area contributed by atoms with Crippen LogP contribution in [0.3, 0.4) is 0 Å². The molecule has 2 unspecified atom stereocenters. The predicted octanol–water partition coefficient (Wildman–Crippen LogP) is 3.78. The van der Waals surface area contributed by atoms with Crippen LogP contribution in [0.4, 0.5) is 9.18 Å². The van der Waals surface area contributed by atoms with Crippen LogP contribution in [0.2, 0.25) is 0 Å². The maximum Gasteiger partial charge on any atom is 0.414 e. The molecule has 2 N–H and O–H groups in total. The van der Waals surface area contributed by atoms with Crippen molar-refractivity contribution < 1.29 is 18.7 Å². The van der Waals surface area contributed by atoms with E-state index in [2.05, 4.69) is 10.3 Å². The van der Waals surface area contributed by atoms with Crippen molar-refractivity contribution in [3.05, 3.63) is 70.3 Å². The molecule has 1 aromatic heterocycles. The van der Waals surface area contributed by atoms with Gasteiger partial charge in [-0.1, -0.05) is 44.2 Å². The van der Waals surface area contributed by atoms with E-state index in [1.165, 1.54) is 6.07 Å². The van der Waals surface area contributed by atoms with E-state index in [4.69, 9.17) is 4.74 Å². The average molecular weight is 408 g/mol. The Morgan fingerprint density at radius 2 is 1.87 bits per heavy atom. The molecule has 1 aliphatic rings. The number of nitrogens with one attached hydrogen (secondary N) is 2. The first-order valence-corrected chi connectivity index (χ1v) is 9.76. The number of amides is 2. The number of hydrogen-bond donors (Lipinski definition) is 2. The number of aromatic amines is 1. The Balaban J connectivity index is 1.63. The molecule has 0 spiro atoms. The summed E-state index contributed by atoms with van der Waals surface area (Å²) in [6.45, 7) is 3.83. The molecule has 0 aliphatic carbocycles. The van der Waals surface area contributed by atoms with Crippen LogP contribution >= 0.6 is 0 Å². The Morgan fingerprint density at radius 3 is 2.53 bits per heavy atom. The molecule has 2 amide bonds. The number of alkyl carbamates (subject to hydrolysis) is 1. The van der Waals surface area contributed by atoms with Gasteiger partial charge in [-0.3, -0.25) is 14.9 Å². The van der Waals surface area contributed by atoms with E-state index in [0.29, 0.717) is 22.2 Å². The third-order valence-electron chi connectivity index (χ3n) is 5.55. The highest BCUT2D eigenvalue weighted by atomic mass is 19.1. The van der Waals surface area contributed by atoms with Crippen LogP contribution < -0.4 is 10.9 Å². The van der Waals surface area contributed by atoms with Gasteiger partial charge in [0.25, 0.3) is 11.5 Å². The van der Waals surface area contributed by atoms with Crippen LogP contribution in [-0.4, -0.2) is 23.1 Å². The van der Waals surface area contributed by atoms with Gasteiger partial charge in [-0.15, -0.1) is 0 Å². The molecular weight excluding hydrogens is 387 g/mol. The highest BCUT2D eigenvalue weighted by Crippen LogP contribution is 2.27. The summed E-state index contributed by atoms with van der Waals surface area (Å²) in [6, 6.07) is 13.7. The molecule has 4 rings (SSSR count). The molecule has 2 aromatic carbocycles.